The molecule has 0 amide bonds. The molecule has 0 aliphatic rings. The Morgan fingerprint density at radius 2 is 1.95 bits per heavy atom. The van der Waals surface area contributed by atoms with Crippen molar-refractivity contribution in [2.45, 2.75) is 19.8 Å². The zero-order valence-electron chi connectivity index (χ0n) is 11.8. The highest BCUT2D eigenvalue weighted by atomic mass is 19.1. The van der Waals surface area contributed by atoms with Crippen LogP contribution in [-0.4, -0.2) is 13.4 Å². The lowest BCUT2D eigenvalue weighted by atomic mass is 9.96. The molecular weight excluding hydrogens is 255 g/mol. The van der Waals surface area contributed by atoms with E-state index in [0.717, 1.165) is 11.1 Å². The number of carbonyl (C=O) groups excluding carboxylic acids is 1. The lowest BCUT2D eigenvalue weighted by molar-refractivity contribution is 0.112. The quantitative estimate of drug-likeness (QED) is 0.769. The highest BCUT2D eigenvalue weighted by molar-refractivity contribution is 5.82. The second-order valence-corrected chi connectivity index (χ2v) is 4.98. The molecule has 104 valence electrons. The van der Waals surface area contributed by atoms with Gasteiger partial charge in [0.05, 0.1) is 7.11 Å². The molecule has 2 aromatic carbocycles. The summed E-state index contributed by atoms with van der Waals surface area (Å²) in [5.41, 5.74) is 2.89. The van der Waals surface area contributed by atoms with Crippen LogP contribution in [0.15, 0.2) is 36.4 Å². The molecule has 0 aliphatic heterocycles. The summed E-state index contributed by atoms with van der Waals surface area (Å²) in [6, 6.07) is 10.7. The number of hydrogen-bond donors (Lipinski definition) is 0. The van der Waals surface area contributed by atoms with Gasteiger partial charge in [-0.3, -0.25) is 4.79 Å². The number of hydrogen-bond acceptors (Lipinski definition) is 2. The fourth-order valence-electron chi connectivity index (χ4n) is 2.17. The number of aldehydes is 1. The molecule has 0 saturated heterocycles. The van der Waals surface area contributed by atoms with Crippen LogP contribution in [0.3, 0.4) is 0 Å². The predicted molar refractivity (Wildman–Crippen MR) is 77.9 cm³/mol. The van der Waals surface area contributed by atoms with Crippen LogP contribution in [0.25, 0.3) is 11.1 Å². The van der Waals surface area contributed by atoms with Crippen LogP contribution < -0.4 is 4.74 Å². The van der Waals surface area contributed by atoms with E-state index >= 15 is 0 Å². The van der Waals surface area contributed by atoms with Crippen molar-refractivity contribution in [1.29, 1.82) is 0 Å². The summed E-state index contributed by atoms with van der Waals surface area (Å²) < 4.78 is 19.1. The molecule has 20 heavy (non-hydrogen) atoms. The second kappa shape index (κ2) is 5.87. The molecule has 2 aromatic rings. The fourth-order valence-corrected chi connectivity index (χ4v) is 2.17. The van der Waals surface area contributed by atoms with Gasteiger partial charge in [-0.15, -0.1) is 0 Å². The molecule has 0 aromatic heterocycles. The molecule has 0 radical (unpaired) electrons. The average Bonchev–Trinajstić information content (AvgIpc) is 2.46. The Balaban J connectivity index is 2.64. The van der Waals surface area contributed by atoms with Crippen LogP contribution in [0.2, 0.25) is 0 Å². The zero-order valence-corrected chi connectivity index (χ0v) is 11.8. The van der Waals surface area contributed by atoms with E-state index in [0.29, 0.717) is 23.3 Å². The normalized spacial score (nSPS) is 10.7. The lowest BCUT2D eigenvalue weighted by Crippen LogP contribution is -1.96. The largest absolute Gasteiger partial charge is 0.493 e. The SMILES string of the molecule is COc1c(F)cc(C=O)cc1-c1cccc(C(C)C)c1. The van der Waals surface area contributed by atoms with Gasteiger partial charge in [0.2, 0.25) is 0 Å². The third kappa shape index (κ3) is 2.72. The summed E-state index contributed by atoms with van der Waals surface area (Å²) in [4.78, 5) is 10.9. The smallest absolute Gasteiger partial charge is 0.166 e. The Hall–Kier alpha value is -2.16. The number of rotatable bonds is 4. The summed E-state index contributed by atoms with van der Waals surface area (Å²) in [6.45, 7) is 4.19. The fraction of sp³-hybridized carbons (Fsp3) is 0.235. The average molecular weight is 272 g/mol. The van der Waals surface area contributed by atoms with Gasteiger partial charge in [-0.25, -0.2) is 4.39 Å². The van der Waals surface area contributed by atoms with Gasteiger partial charge in [-0.05, 0) is 29.2 Å². The van der Waals surface area contributed by atoms with Crippen LogP contribution in [0, 0.1) is 5.82 Å². The second-order valence-electron chi connectivity index (χ2n) is 4.98. The van der Waals surface area contributed by atoms with Crippen molar-refractivity contribution in [2.24, 2.45) is 0 Å². The zero-order chi connectivity index (χ0) is 14.7. The van der Waals surface area contributed by atoms with E-state index in [1.54, 1.807) is 6.07 Å². The summed E-state index contributed by atoms with van der Waals surface area (Å²) in [7, 11) is 1.43. The van der Waals surface area contributed by atoms with Gasteiger partial charge < -0.3 is 4.74 Å². The highest BCUT2D eigenvalue weighted by Gasteiger charge is 2.14. The number of ether oxygens (including phenoxy) is 1. The Bertz CT molecular complexity index is 633. The van der Waals surface area contributed by atoms with Gasteiger partial charge in [-0.1, -0.05) is 38.1 Å². The molecule has 2 rings (SSSR count). The summed E-state index contributed by atoms with van der Waals surface area (Å²) in [6.07, 6.45) is 0.637. The molecule has 3 heteroatoms. The van der Waals surface area contributed by atoms with E-state index in [1.807, 2.05) is 24.3 Å². The van der Waals surface area contributed by atoms with Crippen molar-refractivity contribution < 1.29 is 13.9 Å². The maximum Gasteiger partial charge on any atom is 0.166 e. The van der Waals surface area contributed by atoms with E-state index in [9.17, 15) is 9.18 Å². The van der Waals surface area contributed by atoms with E-state index in [4.69, 9.17) is 4.74 Å². The van der Waals surface area contributed by atoms with E-state index < -0.39 is 5.82 Å². The number of benzene rings is 2. The summed E-state index contributed by atoms with van der Waals surface area (Å²) in [5, 5.41) is 0. The highest BCUT2D eigenvalue weighted by Crippen LogP contribution is 2.34. The standard InChI is InChI=1S/C17H17FO2/c1-11(2)13-5-4-6-14(9-13)15-7-12(10-19)8-16(18)17(15)20-3/h4-11H,1-3H3. The van der Waals surface area contributed by atoms with Crippen LogP contribution >= 0.6 is 0 Å². The number of methoxy groups -OCH3 is 1. The molecule has 0 fully saturated rings. The van der Waals surface area contributed by atoms with Crippen LogP contribution in [0.1, 0.15) is 35.7 Å². The molecule has 0 aliphatic carbocycles. The topological polar surface area (TPSA) is 26.3 Å². The number of carbonyl (C=O) groups is 1. The van der Waals surface area contributed by atoms with E-state index in [-0.39, 0.29) is 5.75 Å². The van der Waals surface area contributed by atoms with Crippen molar-refractivity contribution in [1.82, 2.24) is 0 Å². The van der Waals surface area contributed by atoms with Crippen molar-refractivity contribution in [3.8, 4) is 16.9 Å². The van der Waals surface area contributed by atoms with Gasteiger partial charge in [0.15, 0.2) is 11.6 Å². The predicted octanol–water partition coefficient (Wildman–Crippen LogP) is 4.44. The first-order valence-electron chi connectivity index (χ1n) is 6.50. The summed E-state index contributed by atoms with van der Waals surface area (Å²) in [5.74, 6) is 0.0126. The Morgan fingerprint density at radius 3 is 2.55 bits per heavy atom. The molecule has 0 heterocycles. The van der Waals surface area contributed by atoms with E-state index in [2.05, 4.69) is 13.8 Å². The Labute approximate surface area is 118 Å². The van der Waals surface area contributed by atoms with Gasteiger partial charge in [0.25, 0.3) is 0 Å². The van der Waals surface area contributed by atoms with Crippen molar-refractivity contribution >= 4 is 6.29 Å². The molecule has 0 N–H and O–H groups in total. The van der Waals surface area contributed by atoms with Gasteiger partial charge in [-0.2, -0.15) is 0 Å². The molecule has 0 bridgehead atoms. The van der Waals surface area contributed by atoms with E-state index in [1.165, 1.54) is 13.2 Å². The Morgan fingerprint density at radius 1 is 1.20 bits per heavy atom. The first kappa shape index (κ1) is 14.3. The maximum absolute atomic E-state index is 14.0. The van der Waals surface area contributed by atoms with Crippen molar-refractivity contribution in [2.75, 3.05) is 7.11 Å². The van der Waals surface area contributed by atoms with Gasteiger partial charge >= 0.3 is 0 Å². The molecular formula is C17H17FO2. The first-order chi connectivity index (χ1) is 9.56. The van der Waals surface area contributed by atoms with Gasteiger partial charge in [0.1, 0.15) is 6.29 Å². The third-order valence-electron chi connectivity index (χ3n) is 3.27. The maximum atomic E-state index is 14.0. The minimum absolute atomic E-state index is 0.163. The molecule has 0 saturated carbocycles. The lowest BCUT2D eigenvalue weighted by Gasteiger charge is -2.13. The van der Waals surface area contributed by atoms with Crippen LogP contribution in [0.5, 0.6) is 5.75 Å². The molecule has 0 spiro atoms. The van der Waals surface area contributed by atoms with Gasteiger partial charge in [0, 0.05) is 11.1 Å². The molecule has 0 atom stereocenters. The minimum Gasteiger partial charge on any atom is -0.493 e. The summed E-state index contributed by atoms with van der Waals surface area (Å²) >= 11 is 0. The molecule has 0 unspecified atom stereocenters. The third-order valence-corrected chi connectivity index (χ3v) is 3.27. The van der Waals surface area contributed by atoms with Crippen molar-refractivity contribution in [3.05, 3.63) is 53.3 Å². The Kier molecular flexibility index (Phi) is 4.18. The molecule has 2 nitrogen and oxygen atoms in total. The monoisotopic (exact) mass is 272 g/mol. The number of halogens is 1. The van der Waals surface area contributed by atoms with Crippen LogP contribution in [-0.2, 0) is 0 Å². The van der Waals surface area contributed by atoms with Crippen molar-refractivity contribution in [3.63, 3.8) is 0 Å². The first-order valence-corrected chi connectivity index (χ1v) is 6.50. The van der Waals surface area contributed by atoms with Crippen LogP contribution in [0.4, 0.5) is 4.39 Å². The minimum atomic E-state index is -0.526.